The fraction of sp³-hybridized carbons (Fsp3) is 0. The number of halogens is 2. The number of hydrogen-bond acceptors (Lipinski definition) is 2. The standard InChI is InChI=1S/C22H10Br2O4/c23-13-8-7-11-10-5-1-3-9-4-2-6-12(14(9)10)16-15(11)17(13)20(24)19(22(27)28)18(16)21(25)26/h1-8H,(H,25,26)(H,27,28). The summed E-state index contributed by atoms with van der Waals surface area (Å²) in [5.74, 6) is -2.55. The molecule has 0 amide bonds. The molecule has 0 spiro atoms. The second kappa shape index (κ2) is 5.90. The number of aromatic carboxylic acids is 2. The van der Waals surface area contributed by atoms with Crippen LogP contribution in [0.3, 0.4) is 0 Å². The molecule has 0 bridgehead atoms. The van der Waals surface area contributed by atoms with Crippen LogP contribution in [0.1, 0.15) is 20.7 Å². The first kappa shape index (κ1) is 17.4. The zero-order valence-corrected chi connectivity index (χ0v) is 17.3. The van der Waals surface area contributed by atoms with E-state index < -0.39 is 11.9 Å². The first-order valence-corrected chi connectivity index (χ1v) is 9.97. The lowest BCUT2D eigenvalue weighted by atomic mass is 9.86. The van der Waals surface area contributed by atoms with Crippen molar-refractivity contribution in [2.75, 3.05) is 0 Å². The molecule has 0 saturated heterocycles. The molecule has 2 N–H and O–H groups in total. The highest BCUT2D eigenvalue weighted by Gasteiger charge is 2.29. The van der Waals surface area contributed by atoms with Gasteiger partial charge in [-0.2, -0.15) is 0 Å². The average molecular weight is 498 g/mol. The zero-order chi connectivity index (χ0) is 19.7. The van der Waals surface area contributed by atoms with Gasteiger partial charge >= 0.3 is 11.9 Å². The molecule has 0 unspecified atom stereocenters. The molecule has 0 radical (unpaired) electrons. The molecule has 6 heteroatoms. The average Bonchev–Trinajstić information content (AvgIpc) is 2.66. The molecule has 4 nitrogen and oxygen atoms in total. The Morgan fingerprint density at radius 2 is 1.25 bits per heavy atom. The van der Waals surface area contributed by atoms with Gasteiger partial charge in [-0.1, -0.05) is 58.4 Å². The van der Waals surface area contributed by atoms with Gasteiger partial charge in [0.15, 0.2) is 0 Å². The minimum Gasteiger partial charge on any atom is -0.478 e. The van der Waals surface area contributed by atoms with E-state index in [1.807, 2.05) is 48.5 Å². The Labute approximate surface area is 175 Å². The van der Waals surface area contributed by atoms with Crippen LogP contribution in [0.5, 0.6) is 0 Å². The van der Waals surface area contributed by atoms with Gasteiger partial charge < -0.3 is 10.2 Å². The topological polar surface area (TPSA) is 74.6 Å². The highest BCUT2D eigenvalue weighted by Crippen LogP contribution is 2.47. The van der Waals surface area contributed by atoms with E-state index in [4.69, 9.17) is 0 Å². The molecule has 28 heavy (non-hydrogen) atoms. The van der Waals surface area contributed by atoms with Gasteiger partial charge in [-0.25, -0.2) is 9.59 Å². The van der Waals surface area contributed by atoms with Gasteiger partial charge in [0, 0.05) is 25.1 Å². The Balaban J connectivity index is 2.31. The van der Waals surface area contributed by atoms with E-state index >= 15 is 0 Å². The fourth-order valence-corrected chi connectivity index (χ4v) is 5.79. The fourth-order valence-electron chi connectivity index (χ4n) is 4.22. The second-order valence-electron chi connectivity index (χ2n) is 6.60. The number of carbonyl (C=O) groups is 2. The first-order chi connectivity index (χ1) is 13.4. The third-order valence-corrected chi connectivity index (χ3v) is 6.69. The number of fused-ring (bicyclic) bond motifs is 2. The third-order valence-electron chi connectivity index (χ3n) is 5.24. The summed E-state index contributed by atoms with van der Waals surface area (Å²) in [5, 5.41) is 26.2. The van der Waals surface area contributed by atoms with Crippen LogP contribution in [-0.2, 0) is 0 Å². The summed E-state index contributed by atoms with van der Waals surface area (Å²) in [6.45, 7) is 0. The van der Waals surface area contributed by atoms with Crippen LogP contribution in [0.2, 0.25) is 0 Å². The van der Waals surface area contributed by atoms with Crippen molar-refractivity contribution in [1.82, 2.24) is 0 Å². The SMILES string of the molecule is O=C(O)c1c(Br)c2c(Br)ccc3c4cccc5cccc(c(c1C(=O)O)c23)c54. The molecule has 0 aromatic heterocycles. The second-order valence-corrected chi connectivity index (χ2v) is 8.25. The molecule has 0 saturated carbocycles. The zero-order valence-electron chi connectivity index (χ0n) is 14.1. The van der Waals surface area contributed by atoms with Crippen molar-refractivity contribution in [3.63, 3.8) is 0 Å². The predicted octanol–water partition coefficient (Wildman–Crippen LogP) is 6.66. The predicted molar refractivity (Wildman–Crippen MR) is 117 cm³/mol. The van der Waals surface area contributed by atoms with Gasteiger partial charge in [0.05, 0.1) is 11.1 Å². The van der Waals surface area contributed by atoms with E-state index in [0.717, 1.165) is 32.3 Å². The maximum atomic E-state index is 12.3. The summed E-state index contributed by atoms with van der Waals surface area (Å²) in [4.78, 5) is 24.3. The van der Waals surface area contributed by atoms with E-state index in [0.29, 0.717) is 15.2 Å². The van der Waals surface area contributed by atoms with Crippen LogP contribution in [0.4, 0.5) is 0 Å². The largest absolute Gasteiger partial charge is 0.478 e. The van der Waals surface area contributed by atoms with E-state index in [2.05, 4.69) is 31.9 Å². The van der Waals surface area contributed by atoms with Crippen molar-refractivity contribution in [3.05, 3.63) is 68.6 Å². The highest BCUT2D eigenvalue weighted by atomic mass is 79.9. The summed E-state index contributed by atoms with van der Waals surface area (Å²) in [7, 11) is 0. The van der Waals surface area contributed by atoms with Crippen molar-refractivity contribution in [3.8, 4) is 0 Å². The lowest BCUT2D eigenvalue weighted by molar-refractivity contribution is 0.0652. The molecule has 0 aliphatic rings. The smallest absolute Gasteiger partial charge is 0.337 e. The van der Waals surface area contributed by atoms with Crippen LogP contribution in [-0.4, -0.2) is 22.2 Å². The molecule has 5 rings (SSSR count). The van der Waals surface area contributed by atoms with Crippen molar-refractivity contribution >= 4 is 86.9 Å². The van der Waals surface area contributed by atoms with Crippen molar-refractivity contribution in [2.45, 2.75) is 0 Å². The Kier molecular flexibility index (Phi) is 3.66. The van der Waals surface area contributed by atoms with Crippen LogP contribution in [0.15, 0.2) is 57.5 Å². The molecule has 136 valence electrons. The number of carboxylic acid groups (broad SMARTS) is 2. The third kappa shape index (κ3) is 2.10. The minimum atomic E-state index is -1.29. The molecule has 0 heterocycles. The maximum absolute atomic E-state index is 12.3. The van der Waals surface area contributed by atoms with Crippen molar-refractivity contribution in [2.24, 2.45) is 0 Å². The van der Waals surface area contributed by atoms with Gasteiger partial charge in [-0.3, -0.25) is 0 Å². The molecular formula is C22H10Br2O4. The van der Waals surface area contributed by atoms with Crippen molar-refractivity contribution < 1.29 is 19.8 Å². The van der Waals surface area contributed by atoms with E-state index in [1.54, 1.807) is 0 Å². The molecule has 0 aliphatic carbocycles. The molecule has 5 aromatic rings. The summed E-state index contributed by atoms with van der Waals surface area (Å²) in [6.07, 6.45) is 0. The maximum Gasteiger partial charge on any atom is 0.337 e. The monoisotopic (exact) mass is 496 g/mol. The van der Waals surface area contributed by atoms with Gasteiger partial charge in [-0.15, -0.1) is 0 Å². The summed E-state index contributed by atoms with van der Waals surface area (Å²) in [6, 6.07) is 15.5. The minimum absolute atomic E-state index is 0.201. The summed E-state index contributed by atoms with van der Waals surface area (Å²) < 4.78 is 0.960. The van der Waals surface area contributed by atoms with E-state index in [-0.39, 0.29) is 15.6 Å². The normalized spacial score (nSPS) is 11.8. The van der Waals surface area contributed by atoms with Crippen LogP contribution in [0.25, 0.3) is 43.1 Å². The van der Waals surface area contributed by atoms with Crippen LogP contribution < -0.4 is 0 Å². The lowest BCUT2D eigenvalue weighted by Gasteiger charge is -2.19. The van der Waals surface area contributed by atoms with E-state index in [1.165, 1.54) is 0 Å². The Bertz CT molecular complexity index is 1480. The highest BCUT2D eigenvalue weighted by molar-refractivity contribution is 9.11. The van der Waals surface area contributed by atoms with Crippen molar-refractivity contribution in [1.29, 1.82) is 0 Å². The molecular weight excluding hydrogens is 488 g/mol. The number of rotatable bonds is 2. The molecule has 0 atom stereocenters. The van der Waals surface area contributed by atoms with E-state index in [9.17, 15) is 19.8 Å². The summed E-state index contributed by atoms with van der Waals surface area (Å²) >= 11 is 6.90. The quantitative estimate of drug-likeness (QED) is 0.211. The Morgan fingerprint density at radius 1 is 0.643 bits per heavy atom. The summed E-state index contributed by atoms with van der Waals surface area (Å²) in [5.41, 5.74) is -0.447. The lowest BCUT2D eigenvalue weighted by Crippen LogP contribution is -2.11. The van der Waals surface area contributed by atoms with Crippen LogP contribution in [0, 0.1) is 0 Å². The Hall–Kier alpha value is -2.70. The van der Waals surface area contributed by atoms with Gasteiger partial charge in [-0.05, 0) is 48.9 Å². The van der Waals surface area contributed by atoms with Gasteiger partial charge in [0.25, 0.3) is 0 Å². The molecule has 5 aromatic carbocycles. The number of hydrogen-bond donors (Lipinski definition) is 2. The van der Waals surface area contributed by atoms with Crippen LogP contribution >= 0.6 is 31.9 Å². The molecule has 0 fully saturated rings. The first-order valence-electron chi connectivity index (χ1n) is 8.38. The molecule has 0 aliphatic heterocycles. The van der Waals surface area contributed by atoms with Gasteiger partial charge in [0.2, 0.25) is 0 Å². The van der Waals surface area contributed by atoms with Gasteiger partial charge in [0.1, 0.15) is 0 Å². The number of carboxylic acids is 2. The Morgan fingerprint density at radius 3 is 1.89 bits per heavy atom. The number of benzene rings is 5.